The first-order valence-electron chi connectivity index (χ1n) is 4.42. The Morgan fingerprint density at radius 3 is 2.40 bits per heavy atom. The van der Waals surface area contributed by atoms with Crippen molar-refractivity contribution in [3.63, 3.8) is 0 Å². The molecule has 2 nitrogen and oxygen atoms in total. The largest absolute Gasteiger partial charge is 1.00 e. The zero-order valence-electron chi connectivity index (χ0n) is 9.78. The first kappa shape index (κ1) is 13.0. The Morgan fingerprint density at radius 1 is 1.27 bits per heavy atom. The molecule has 74 valence electrons. The number of benzene rings is 1. The number of ketones is 2. The molecule has 0 saturated carbocycles. The minimum atomic E-state index is -0.842. The molecular weight excluding hydrogens is 219 g/mol. The Hall–Kier alpha value is -0.0900. The molecule has 0 fully saturated rings. The summed E-state index contributed by atoms with van der Waals surface area (Å²) in [5.41, 5.74) is 1.03. The van der Waals surface area contributed by atoms with Gasteiger partial charge in [-0.05, 0) is 6.92 Å². The monoisotopic (exact) mass is 230 g/mol. The van der Waals surface area contributed by atoms with Gasteiger partial charge in [0, 0.05) is 17.5 Å². The molecule has 0 radical (unpaired) electrons. The Bertz CT molecular complexity index is 432. The van der Waals surface area contributed by atoms with Crippen LogP contribution >= 0.6 is 12.6 Å². The van der Waals surface area contributed by atoms with Crippen LogP contribution in [0.5, 0.6) is 0 Å². The first-order valence-corrected chi connectivity index (χ1v) is 4.86. The van der Waals surface area contributed by atoms with Crippen LogP contribution in [-0.4, -0.2) is 16.3 Å². The van der Waals surface area contributed by atoms with E-state index in [9.17, 15) is 9.59 Å². The molecule has 0 amide bonds. The van der Waals surface area contributed by atoms with E-state index in [0.29, 0.717) is 11.1 Å². The molecule has 1 aromatic rings. The van der Waals surface area contributed by atoms with Crippen molar-refractivity contribution in [2.24, 2.45) is 0 Å². The van der Waals surface area contributed by atoms with Crippen LogP contribution in [0.1, 0.15) is 35.5 Å². The number of hydrogen-bond acceptors (Lipinski definition) is 3. The van der Waals surface area contributed by atoms with Gasteiger partial charge in [-0.3, -0.25) is 9.59 Å². The van der Waals surface area contributed by atoms with E-state index in [1.165, 1.54) is 0 Å². The second-order valence-electron chi connectivity index (χ2n) is 3.75. The normalized spacial score (nSPS) is 24.4. The number of thiol groups is 1. The fourth-order valence-electron chi connectivity index (χ4n) is 1.70. The topological polar surface area (TPSA) is 34.1 Å². The number of carbonyl (C=O) groups is 2. The Kier molecular flexibility index (Phi) is 3.82. The quantitative estimate of drug-likeness (QED) is 0.470. The summed E-state index contributed by atoms with van der Waals surface area (Å²) in [5, 5.41) is 0. The van der Waals surface area contributed by atoms with E-state index in [4.69, 9.17) is 0 Å². The van der Waals surface area contributed by atoms with Crippen LogP contribution in [0.2, 0.25) is 0 Å². The molecule has 0 aliphatic heterocycles. The van der Waals surface area contributed by atoms with Gasteiger partial charge in [0.25, 0.3) is 0 Å². The maximum absolute atomic E-state index is 11.9. The van der Waals surface area contributed by atoms with Gasteiger partial charge in [-0.25, -0.2) is 0 Å². The van der Waals surface area contributed by atoms with Crippen molar-refractivity contribution in [1.82, 2.24) is 0 Å². The summed E-state index contributed by atoms with van der Waals surface area (Å²) in [6, 6.07) is 6.91. The Labute approximate surface area is 118 Å². The smallest absolute Gasteiger partial charge is 1.00 e. The second-order valence-corrected chi connectivity index (χ2v) is 4.74. The molecule has 1 aliphatic rings. The SMILES string of the molecule is CC1(S)CC(=O)c2ccccc2C1=O.[H-].[Na+]. The fourth-order valence-corrected chi connectivity index (χ4v) is 1.97. The van der Waals surface area contributed by atoms with Crippen molar-refractivity contribution in [3.8, 4) is 0 Å². The zero-order chi connectivity index (χ0) is 10.3. The third-order valence-electron chi connectivity index (χ3n) is 2.47. The van der Waals surface area contributed by atoms with Gasteiger partial charge in [0.1, 0.15) is 0 Å². The van der Waals surface area contributed by atoms with Crippen LogP contribution in [0.15, 0.2) is 24.3 Å². The molecule has 0 heterocycles. The van der Waals surface area contributed by atoms with Crippen molar-refractivity contribution < 1.29 is 40.6 Å². The van der Waals surface area contributed by atoms with E-state index in [0.717, 1.165) is 0 Å². The number of rotatable bonds is 0. The van der Waals surface area contributed by atoms with Gasteiger partial charge in [-0.1, -0.05) is 24.3 Å². The number of carbonyl (C=O) groups excluding carboxylic acids is 2. The zero-order valence-corrected chi connectivity index (χ0v) is 11.7. The minimum absolute atomic E-state index is 0. The van der Waals surface area contributed by atoms with Crippen molar-refractivity contribution in [1.29, 1.82) is 0 Å². The average Bonchev–Trinajstić information content (AvgIpc) is 2.14. The number of hydrogen-bond donors (Lipinski definition) is 1. The Morgan fingerprint density at radius 2 is 1.80 bits per heavy atom. The van der Waals surface area contributed by atoms with Crippen LogP contribution in [-0.2, 0) is 0 Å². The molecule has 1 atom stereocenters. The summed E-state index contributed by atoms with van der Waals surface area (Å²) in [7, 11) is 0. The predicted molar refractivity (Wildman–Crippen MR) is 58.2 cm³/mol. The third kappa shape index (κ3) is 2.21. The summed E-state index contributed by atoms with van der Waals surface area (Å²) in [5.74, 6) is -0.0614. The second kappa shape index (κ2) is 4.42. The molecule has 0 saturated heterocycles. The first-order chi connectivity index (χ1) is 6.52. The average molecular weight is 230 g/mol. The number of Topliss-reactive ketones (excluding diaryl/α,β-unsaturated/α-hetero) is 2. The molecule has 0 bridgehead atoms. The molecule has 1 aromatic carbocycles. The molecule has 1 unspecified atom stereocenters. The van der Waals surface area contributed by atoms with Crippen LogP contribution in [0.25, 0.3) is 0 Å². The van der Waals surface area contributed by atoms with Gasteiger partial charge in [0.05, 0.1) is 4.75 Å². The van der Waals surface area contributed by atoms with E-state index >= 15 is 0 Å². The summed E-state index contributed by atoms with van der Waals surface area (Å²) < 4.78 is -0.842. The van der Waals surface area contributed by atoms with E-state index in [-0.39, 0.29) is 49.0 Å². The molecule has 0 spiro atoms. The van der Waals surface area contributed by atoms with Gasteiger partial charge in [0.2, 0.25) is 0 Å². The molecule has 4 heteroatoms. The predicted octanol–water partition coefficient (Wildman–Crippen LogP) is -0.739. The van der Waals surface area contributed by atoms with Gasteiger partial charge >= 0.3 is 29.6 Å². The van der Waals surface area contributed by atoms with Crippen LogP contribution < -0.4 is 29.6 Å². The van der Waals surface area contributed by atoms with Gasteiger partial charge in [-0.15, -0.1) is 0 Å². The van der Waals surface area contributed by atoms with E-state index in [1.807, 2.05) is 0 Å². The molecule has 0 aromatic heterocycles. The summed E-state index contributed by atoms with van der Waals surface area (Å²) in [6.07, 6.45) is 0.186. The summed E-state index contributed by atoms with van der Waals surface area (Å²) in [6.45, 7) is 1.69. The molecule has 1 aliphatic carbocycles. The summed E-state index contributed by atoms with van der Waals surface area (Å²) >= 11 is 4.23. The van der Waals surface area contributed by atoms with Crippen LogP contribution in [0.4, 0.5) is 0 Å². The summed E-state index contributed by atoms with van der Waals surface area (Å²) in [4.78, 5) is 23.5. The standard InChI is InChI=1S/C11H10O2S.Na.H/c1-11(14)6-9(12)7-4-2-3-5-8(7)10(11)13;;/h2-5,14H,6H2,1H3;;/q;+1;-1. The minimum Gasteiger partial charge on any atom is -1.00 e. The van der Waals surface area contributed by atoms with E-state index in [1.54, 1.807) is 31.2 Å². The van der Waals surface area contributed by atoms with Gasteiger partial charge in [-0.2, -0.15) is 12.6 Å². The van der Waals surface area contributed by atoms with Crippen molar-refractivity contribution in [2.45, 2.75) is 18.1 Å². The third-order valence-corrected chi connectivity index (χ3v) is 2.83. The molecule has 15 heavy (non-hydrogen) atoms. The van der Waals surface area contributed by atoms with Crippen LogP contribution in [0, 0.1) is 0 Å². The Balaban J connectivity index is 0.00000112. The van der Waals surface area contributed by atoms with Gasteiger partial charge < -0.3 is 1.43 Å². The molecule has 2 rings (SSSR count). The van der Waals surface area contributed by atoms with E-state index in [2.05, 4.69) is 12.6 Å². The van der Waals surface area contributed by atoms with Crippen molar-refractivity contribution >= 4 is 24.2 Å². The molecular formula is C11H11NaO2S. The van der Waals surface area contributed by atoms with Crippen LogP contribution in [0.3, 0.4) is 0 Å². The maximum atomic E-state index is 11.9. The maximum Gasteiger partial charge on any atom is 1.00 e. The fraction of sp³-hybridized carbons (Fsp3) is 0.273. The van der Waals surface area contributed by atoms with E-state index < -0.39 is 4.75 Å². The number of fused-ring (bicyclic) bond motifs is 1. The van der Waals surface area contributed by atoms with Crippen molar-refractivity contribution in [2.75, 3.05) is 0 Å². The van der Waals surface area contributed by atoms with Gasteiger partial charge in [0.15, 0.2) is 11.6 Å². The molecule has 0 N–H and O–H groups in total. The van der Waals surface area contributed by atoms with Crippen molar-refractivity contribution in [3.05, 3.63) is 35.4 Å².